The van der Waals surface area contributed by atoms with Gasteiger partial charge in [-0.3, -0.25) is 9.59 Å². The zero-order valence-corrected chi connectivity index (χ0v) is 16.3. The smallest absolute Gasteiger partial charge is 0.216 e. The molecule has 4 nitrogen and oxygen atoms in total. The van der Waals surface area contributed by atoms with Gasteiger partial charge >= 0.3 is 0 Å². The summed E-state index contributed by atoms with van der Waals surface area (Å²) in [5, 5.41) is 4.50. The van der Waals surface area contributed by atoms with Crippen molar-refractivity contribution in [1.29, 1.82) is 0 Å². The van der Waals surface area contributed by atoms with Crippen LogP contribution in [-0.2, 0) is 11.2 Å². The van der Waals surface area contributed by atoms with Gasteiger partial charge in [-0.15, -0.1) is 0 Å². The largest absolute Gasteiger partial charge is 0.356 e. The first-order valence-corrected chi connectivity index (χ1v) is 9.81. The highest BCUT2D eigenvalue weighted by Gasteiger charge is 2.17. The summed E-state index contributed by atoms with van der Waals surface area (Å²) in [5.41, 5.74) is 2.72. The van der Waals surface area contributed by atoms with Crippen molar-refractivity contribution in [3.05, 3.63) is 71.8 Å². The number of nitrogens with zero attached hydrogens (tertiary/aromatic N) is 1. The van der Waals surface area contributed by atoms with Crippen molar-refractivity contribution in [2.24, 2.45) is 0 Å². The van der Waals surface area contributed by atoms with Crippen LogP contribution in [0, 0.1) is 0 Å². The van der Waals surface area contributed by atoms with Gasteiger partial charge in [0, 0.05) is 24.4 Å². The zero-order valence-electron chi connectivity index (χ0n) is 15.4. The van der Waals surface area contributed by atoms with Crippen LogP contribution in [0.4, 0.5) is 0 Å². The highest BCUT2D eigenvalue weighted by molar-refractivity contribution is 8.00. The average molecular weight is 378 g/mol. The predicted octanol–water partition coefficient (Wildman–Crippen LogP) is 4.28. The minimum Gasteiger partial charge on any atom is -0.356 e. The Hall–Kier alpha value is -2.66. The number of ketones is 1. The van der Waals surface area contributed by atoms with Crippen LogP contribution in [-0.4, -0.2) is 28.5 Å². The summed E-state index contributed by atoms with van der Waals surface area (Å²) in [7, 11) is 0. The van der Waals surface area contributed by atoms with Crippen LogP contribution in [0.5, 0.6) is 0 Å². The molecule has 1 atom stereocenters. The summed E-state index contributed by atoms with van der Waals surface area (Å²) < 4.78 is 0. The molecule has 3 aromatic rings. The van der Waals surface area contributed by atoms with Crippen molar-refractivity contribution in [3.63, 3.8) is 0 Å². The number of hydrogen-bond donors (Lipinski definition) is 1. The molecule has 1 amide bonds. The van der Waals surface area contributed by atoms with E-state index in [4.69, 9.17) is 0 Å². The fourth-order valence-corrected chi connectivity index (χ4v) is 3.70. The van der Waals surface area contributed by atoms with Gasteiger partial charge in [-0.25, -0.2) is 4.98 Å². The van der Waals surface area contributed by atoms with Crippen molar-refractivity contribution in [1.82, 2.24) is 10.3 Å². The number of fused-ring (bicyclic) bond motifs is 1. The molecule has 0 saturated carbocycles. The lowest BCUT2D eigenvalue weighted by Gasteiger charge is -2.11. The number of nitrogens with one attached hydrogen (secondary N) is 1. The van der Waals surface area contributed by atoms with Gasteiger partial charge < -0.3 is 5.32 Å². The molecule has 0 fully saturated rings. The molecule has 1 N–H and O–H groups in total. The third kappa shape index (κ3) is 5.17. The number of rotatable bonds is 7. The lowest BCUT2D eigenvalue weighted by molar-refractivity contribution is -0.118. The molecule has 0 radical (unpaired) electrons. The molecule has 27 heavy (non-hydrogen) atoms. The lowest BCUT2D eigenvalue weighted by Crippen LogP contribution is -2.22. The molecule has 0 aliphatic rings. The minimum absolute atomic E-state index is 0.0325. The molecule has 1 unspecified atom stereocenters. The predicted molar refractivity (Wildman–Crippen MR) is 110 cm³/mol. The number of carbonyl (C=O) groups is 2. The molecule has 1 aromatic heterocycles. The summed E-state index contributed by atoms with van der Waals surface area (Å²) in [6, 6.07) is 19.6. The number of carbonyl (C=O) groups excluding carboxylic acids is 2. The highest BCUT2D eigenvalue weighted by atomic mass is 32.2. The van der Waals surface area contributed by atoms with Crippen molar-refractivity contribution >= 4 is 34.4 Å². The number of pyridine rings is 1. The highest BCUT2D eigenvalue weighted by Crippen LogP contribution is 2.26. The topological polar surface area (TPSA) is 59.1 Å². The molecule has 5 heteroatoms. The third-order valence-corrected chi connectivity index (χ3v) is 5.30. The van der Waals surface area contributed by atoms with Gasteiger partial charge in [0.25, 0.3) is 0 Å². The number of aromatic nitrogens is 1. The molecule has 3 rings (SSSR count). The van der Waals surface area contributed by atoms with E-state index >= 15 is 0 Å². The standard InChI is InChI=1S/C22H22N2O2S/c1-15(27-21-12-11-18-5-3-4-6-20(18)24-21)22(26)19-9-7-17(8-10-19)13-14-23-16(2)25/h3-12,15H,13-14H2,1-2H3,(H,23,25). The maximum absolute atomic E-state index is 12.7. The number of benzene rings is 2. The third-order valence-electron chi connectivity index (χ3n) is 4.27. The maximum Gasteiger partial charge on any atom is 0.216 e. The molecule has 0 aliphatic carbocycles. The Morgan fingerprint density at radius 3 is 2.52 bits per heavy atom. The van der Waals surface area contributed by atoms with Crippen molar-refractivity contribution in [2.45, 2.75) is 30.5 Å². The summed E-state index contributed by atoms with van der Waals surface area (Å²) in [5.74, 6) is 0.0540. The minimum atomic E-state index is -0.219. The summed E-state index contributed by atoms with van der Waals surface area (Å²) in [6.45, 7) is 4.02. The van der Waals surface area contributed by atoms with Crippen molar-refractivity contribution in [3.8, 4) is 0 Å². The molecular formula is C22H22N2O2S. The van der Waals surface area contributed by atoms with Crippen molar-refractivity contribution < 1.29 is 9.59 Å². The van der Waals surface area contributed by atoms with Crippen LogP contribution in [0.15, 0.2) is 65.7 Å². The Labute approximate surface area is 163 Å². The van der Waals surface area contributed by atoms with Gasteiger partial charge in [0.05, 0.1) is 15.8 Å². The zero-order chi connectivity index (χ0) is 19.2. The number of Topliss-reactive ketones (excluding diaryl/α,β-unsaturated/α-hetero) is 1. The Kier molecular flexibility index (Phi) is 6.24. The molecule has 2 aromatic carbocycles. The molecule has 0 spiro atoms. The van der Waals surface area contributed by atoms with Crippen LogP contribution in [0.2, 0.25) is 0 Å². The number of hydrogen-bond acceptors (Lipinski definition) is 4. The van der Waals surface area contributed by atoms with Crippen LogP contribution < -0.4 is 5.32 Å². The second-order valence-corrected chi connectivity index (χ2v) is 7.76. The summed E-state index contributed by atoms with van der Waals surface area (Å²) in [4.78, 5) is 28.3. The number of thioether (sulfide) groups is 1. The molecule has 1 heterocycles. The van der Waals surface area contributed by atoms with Gasteiger partial charge in [0.15, 0.2) is 5.78 Å². The first-order chi connectivity index (χ1) is 13.0. The van der Waals surface area contributed by atoms with E-state index < -0.39 is 0 Å². The van der Waals surface area contributed by atoms with E-state index in [1.807, 2.05) is 67.6 Å². The quantitative estimate of drug-likeness (QED) is 0.492. The number of amides is 1. The second kappa shape index (κ2) is 8.82. The first-order valence-electron chi connectivity index (χ1n) is 8.93. The van der Waals surface area contributed by atoms with Crippen LogP contribution in [0.25, 0.3) is 10.9 Å². The Morgan fingerprint density at radius 1 is 1.04 bits per heavy atom. The monoisotopic (exact) mass is 378 g/mol. The van der Waals surface area contributed by atoms with E-state index in [2.05, 4.69) is 10.3 Å². The van der Waals surface area contributed by atoms with E-state index in [1.54, 1.807) is 0 Å². The van der Waals surface area contributed by atoms with Crippen molar-refractivity contribution in [2.75, 3.05) is 6.54 Å². The molecule has 138 valence electrons. The molecule has 0 bridgehead atoms. The average Bonchev–Trinajstić information content (AvgIpc) is 2.67. The normalized spacial score (nSPS) is 11.9. The summed E-state index contributed by atoms with van der Waals surface area (Å²) >= 11 is 1.47. The SMILES string of the molecule is CC(=O)NCCc1ccc(C(=O)C(C)Sc2ccc3ccccc3n2)cc1. The number of para-hydroxylation sites is 1. The molecular weight excluding hydrogens is 356 g/mol. The van der Waals surface area contributed by atoms with E-state index in [0.29, 0.717) is 12.1 Å². The summed E-state index contributed by atoms with van der Waals surface area (Å²) in [6.07, 6.45) is 0.749. The second-order valence-electron chi connectivity index (χ2n) is 6.40. The van der Waals surface area contributed by atoms with Gasteiger partial charge in [-0.05, 0) is 31.0 Å². The van der Waals surface area contributed by atoms with Crippen LogP contribution in [0.1, 0.15) is 29.8 Å². The van der Waals surface area contributed by atoms with E-state index in [9.17, 15) is 9.59 Å². The van der Waals surface area contributed by atoms with Gasteiger partial charge in [-0.2, -0.15) is 0 Å². The Balaban J connectivity index is 1.62. The maximum atomic E-state index is 12.7. The first kappa shape index (κ1) is 19.1. The van der Waals surface area contributed by atoms with Gasteiger partial charge in [0.1, 0.15) is 0 Å². The van der Waals surface area contributed by atoms with E-state index in [1.165, 1.54) is 18.7 Å². The lowest BCUT2D eigenvalue weighted by atomic mass is 10.0. The van der Waals surface area contributed by atoms with E-state index in [0.717, 1.165) is 27.9 Å². The fourth-order valence-electron chi connectivity index (χ4n) is 2.80. The molecule has 0 aliphatic heterocycles. The molecule has 0 saturated heterocycles. The van der Waals surface area contributed by atoms with Gasteiger partial charge in [-0.1, -0.05) is 60.3 Å². The fraction of sp³-hybridized carbons (Fsp3) is 0.227. The van der Waals surface area contributed by atoms with E-state index in [-0.39, 0.29) is 16.9 Å². The van der Waals surface area contributed by atoms with Crippen LogP contribution >= 0.6 is 11.8 Å². The Bertz CT molecular complexity index is 954. The van der Waals surface area contributed by atoms with Crippen LogP contribution in [0.3, 0.4) is 0 Å². The Morgan fingerprint density at radius 2 is 1.78 bits per heavy atom. The van der Waals surface area contributed by atoms with Gasteiger partial charge in [0.2, 0.25) is 5.91 Å².